The molecule has 2 rings (SSSR count). The lowest BCUT2D eigenvalue weighted by Crippen LogP contribution is -2.00. The minimum Gasteiger partial charge on any atom is -0.489 e. The Balaban J connectivity index is 2.11. The third-order valence-corrected chi connectivity index (χ3v) is 2.42. The zero-order valence-electron chi connectivity index (χ0n) is 9.40. The van der Waals surface area contributed by atoms with Crippen LogP contribution in [0.1, 0.15) is 15.9 Å². The summed E-state index contributed by atoms with van der Waals surface area (Å²) in [7, 11) is 0. The Morgan fingerprint density at radius 1 is 1.11 bits per heavy atom. The summed E-state index contributed by atoms with van der Waals surface area (Å²) in [6.07, 6.45) is 0.690. The van der Waals surface area contributed by atoms with Gasteiger partial charge in [0, 0.05) is 11.1 Å². The van der Waals surface area contributed by atoms with Gasteiger partial charge in [-0.05, 0) is 18.2 Å². The predicted octanol–water partition coefficient (Wildman–Crippen LogP) is 3.36. The van der Waals surface area contributed by atoms with Crippen LogP contribution in [-0.2, 0) is 6.61 Å². The van der Waals surface area contributed by atoms with Crippen LogP contribution in [-0.4, -0.2) is 6.29 Å². The van der Waals surface area contributed by atoms with Gasteiger partial charge in [-0.1, -0.05) is 24.3 Å². The smallest absolute Gasteiger partial charge is 0.165 e. The van der Waals surface area contributed by atoms with Crippen molar-refractivity contribution in [3.63, 3.8) is 0 Å². The first-order valence-electron chi connectivity index (χ1n) is 5.31. The molecule has 0 radical (unpaired) electrons. The van der Waals surface area contributed by atoms with E-state index in [2.05, 4.69) is 0 Å². The topological polar surface area (TPSA) is 26.3 Å². The second-order valence-corrected chi connectivity index (χ2v) is 3.69. The summed E-state index contributed by atoms with van der Waals surface area (Å²) < 4.78 is 31.6. The monoisotopic (exact) mass is 248 g/mol. The molecule has 18 heavy (non-hydrogen) atoms. The molecule has 0 aromatic heterocycles. The number of ether oxygens (including phenoxy) is 1. The second kappa shape index (κ2) is 5.40. The molecule has 0 N–H and O–H groups in total. The van der Waals surface area contributed by atoms with Crippen LogP contribution in [0.2, 0.25) is 0 Å². The molecule has 0 unspecified atom stereocenters. The summed E-state index contributed by atoms with van der Waals surface area (Å²) in [4.78, 5) is 10.6. The molecule has 0 bridgehead atoms. The van der Waals surface area contributed by atoms with Gasteiger partial charge in [-0.15, -0.1) is 0 Å². The molecule has 0 saturated carbocycles. The van der Waals surface area contributed by atoms with E-state index in [0.717, 1.165) is 6.07 Å². The van der Waals surface area contributed by atoms with Gasteiger partial charge in [0.25, 0.3) is 0 Å². The van der Waals surface area contributed by atoms with Crippen LogP contribution < -0.4 is 4.74 Å². The zero-order chi connectivity index (χ0) is 13.0. The Hall–Kier alpha value is -2.23. The van der Waals surface area contributed by atoms with E-state index in [-0.39, 0.29) is 12.2 Å². The Labute approximate surface area is 103 Å². The number of carbonyl (C=O) groups excluding carboxylic acids is 1. The first kappa shape index (κ1) is 12.2. The summed E-state index contributed by atoms with van der Waals surface area (Å²) in [6.45, 7) is -0.0914. The van der Waals surface area contributed by atoms with Gasteiger partial charge < -0.3 is 4.74 Å². The first-order chi connectivity index (χ1) is 8.70. The van der Waals surface area contributed by atoms with Crippen LogP contribution in [0.5, 0.6) is 5.75 Å². The maximum atomic E-state index is 13.3. The third-order valence-electron chi connectivity index (χ3n) is 2.42. The second-order valence-electron chi connectivity index (χ2n) is 3.69. The summed E-state index contributed by atoms with van der Waals surface area (Å²) in [5, 5.41) is 0. The Kier molecular flexibility index (Phi) is 3.67. The van der Waals surface area contributed by atoms with E-state index < -0.39 is 11.6 Å². The highest BCUT2D eigenvalue weighted by molar-refractivity contribution is 5.75. The van der Waals surface area contributed by atoms with Crippen molar-refractivity contribution in [2.45, 2.75) is 6.61 Å². The Morgan fingerprint density at radius 2 is 1.89 bits per heavy atom. The maximum absolute atomic E-state index is 13.3. The largest absolute Gasteiger partial charge is 0.489 e. The summed E-state index contributed by atoms with van der Waals surface area (Å²) in [6, 6.07) is 10.4. The molecule has 0 amide bonds. The molecule has 2 aromatic rings. The van der Waals surface area contributed by atoms with Crippen LogP contribution in [0.3, 0.4) is 0 Å². The normalized spacial score (nSPS) is 10.1. The summed E-state index contributed by atoms with van der Waals surface area (Å²) in [5.41, 5.74) is 0.596. The van der Waals surface area contributed by atoms with Crippen LogP contribution in [0.25, 0.3) is 0 Å². The van der Waals surface area contributed by atoms with Gasteiger partial charge in [-0.25, -0.2) is 8.78 Å². The standard InChI is InChI=1S/C14H10F2O2/c15-13-6-2-4-11(14(13)16)9-18-12-5-1-3-10(7-12)8-17/h1-8H,9H2. The lowest BCUT2D eigenvalue weighted by molar-refractivity contribution is 0.112. The maximum Gasteiger partial charge on any atom is 0.165 e. The van der Waals surface area contributed by atoms with Crippen molar-refractivity contribution < 1.29 is 18.3 Å². The number of carbonyl (C=O) groups is 1. The van der Waals surface area contributed by atoms with Crippen molar-refractivity contribution >= 4 is 6.29 Å². The SMILES string of the molecule is O=Cc1cccc(OCc2cccc(F)c2F)c1. The fourth-order valence-electron chi connectivity index (χ4n) is 1.50. The molecule has 4 heteroatoms. The average molecular weight is 248 g/mol. The fourth-order valence-corrected chi connectivity index (χ4v) is 1.50. The molecule has 0 heterocycles. The van der Waals surface area contributed by atoms with Crippen molar-refractivity contribution in [3.8, 4) is 5.75 Å². The van der Waals surface area contributed by atoms with E-state index in [1.54, 1.807) is 18.2 Å². The number of hydrogen-bond donors (Lipinski definition) is 0. The van der Waals surface area contributed by atoms with E-state index in [0.29, 0.717) is 17.6 Å². The van der Waals surface area contributed by atoms with Gasteiger partial charge in [0.05, 0.1) is 0 Å². The highest BCUT2D eigenvalue weighted by Crippen LogP contribution is 2.16. The Bertz CT molecular complexity index is 567. The van der Waals surface area contributed by atoms with E-state index in [1.165, 1.54) is 18.2 Å². The zero-order valence-corrected chi connectivity index (χ0v) is 9.40. The van der Waals surface area contributed by atoms with Crippen molar-refractivity contribution in [1.29, 1.82) is 0 Å². The van der Waals surface area contributed by atoms with E-state index in [1.807, 2.05) is 0 Å². The van der Waals surface area contributed by atoms with Crippen LogP contribution in [0.15, 0.2) is 42.5 Å². The fraction of sp³-hybridized carbons (Fsp3) is 0.0714. The van der Waals surface area contributed by atoms with Gasteiger partial charge in [0.1, 0.15) is 18.6 Å². The van der Waals surface area contributed by atoms with Gasteiger partial charge in [0.15, 0.2) is 11.6 Å². The minimum absolute atomic E-state index is 0.0914. The molecule has 0 aliphatic heterocycles. The Morgan fingerprint density at radius 3 is 2.67 bits per heavy atom. The van der Waals surface area contributed by atoms with Gasteiger partial charge in [-0.3, -0.25) is 4.79 Å². The van der Waals surface area contributed by atoms with Crippen molar-refractivity contribution in [2.75, 3.05) is 0 Å². The lowest BCUT2D eigenvalue weighted by Gasteiger charge is -2.07. The number of halogens is 2. The lowest BCUT2D eigenvalue weighted by atomic mass is 10.2. The van der Waals surface area contributed by atoms with Crippen molar-refractivity contribution in [3.05, 3.63) is 65.2 Å². The number of hydrogen-bond acceptors (Lipinski definition) is 2. The van der Waals surface area contributed by atoms with Crippen molar-refractivity contribution in [1.82, 2.24) is 0 Å². The molecule has 2 aromatic carbocycles. The molecular formula is C14H10F2O2. The number of rotatable bonds is 4. The average Bonchev–Trinajstić information content (AvgIpc) is 2.41. The highest BCUT2D eigenvalue weighted by atomic mass is 19.2. The number of aldehydes is 1. The molecule has 0 aliphatic rings. The van der Waals surface area contributed by atoms with Crippen LogP contribution in [0.4, 0.5) is 8.78 Å². The highest BCUT2D eigenvalue weighted by Gasteiger charge is 2.08. The third kappa shape index (κ3) is 2.71. The van der Waals surface area contributed by atoms with Gasteiger partial charge in [0.2, 0.25) is 0 Å². The van der Waals surface area contributed by atoms with Crippen LogP contribution >= 0.6 is 0 Å². The molecule has 0 aliphatic carbocycles. The summed E-state index contributed by atoms with van der Waals surface area (Å²) >= 11 is 0. The molecule has 0 fully saturated rings. The van der Waals surface area contributed by atoms with Crippen molar-refractivity contribution in [2.24, 2.45) is 0 Å². The molecule has 2 nitrogen and oxygen atoms in total. The van der Waals surface area contributed by atoms with Gasteiger partial charge in [-0.2, -0.15) is 0 Å². The molecule has 0 spiro atoms. The quantitative estimate of drug-likeness (QED) is 0.775. The van der Waals surface area contributed by atoms with Gasteiger partial charge >= 0.3 is 0 Å². The molecule has 92 valence electrons. The first-order valence-corrected chi connectivity index (χ1v) is 5.31. The van der Waals surface area contributed by atoms with E-state index >= 15 is 0 Å². The summed E-state index contributed by atoms with van der Waals surface area (Å²) in [5.74, 6) is -1.38. The minimum atomic E-state index is -0.913. The van der Waals surface area contributed by atoms with E-state index in [4.69, 9.17) is 4.74 Å². The molecular weight excluding hydrogens is 238 g/mol. The van der Waals surface area contributed by atoms with E-state index in [9.17, 15) is 13.6 Å². The molecule has 0 atom stereocenters. The van der Waals surface area contributed by atoms with Crippen LogP contribution in [0, 0.1) is 11.6 Å². The molecule has 0 saturated heterocycles. The predicted molar refractivity (Wildman–Crippen MR) is 62.5 cm³/mol. The number of benzene rings is 2.